The van der Waals surface area contributed by atoms with Crippen molar-refractivity contribution in [2.45, 2.75) is 51.6 Å². The van der Waals surface area contributed by atoms with Crippen LogP contribution in [0.1, 0.15) is 38.7 Å². The number of likely N-dealkylation sites (tertiary alicyclic amines) is 1. The van der Waals surface area contributed by atoms with Gasteiger partial charge in [0.1, 0.15) is 5.75 Å². The molecule has 1 N–H and O–H groups in total. The van der Waals surface area contributed by atoms with Crippen molar-refractivity contribution in [3.8, 4) is 5.75 Å². The summed E-state index contributed by atoms with van der Waals surface area (Å²) >= 11 is 0. The molecule has 0 radical (unpaired) electrons. The highest BCUT2D eigenvalue weighted by Gasteiger charge is 2.19. The minimum Gasteiger partial charge on any atom is -0.497 e. The molecule has 0 aliphatic carbocycles. The highest BCUT2D eigenvalue weighted by atomic mass is 16.5. The van der Waals surface area contributed by atoms with Gasteiger partial charge in [-0.3, -0.25) is 0 Å². The van der Waals surface area contributed by atoms with Gasteiger partial charge in [-0.2, -0.15) is 0 Å². The summed E-state index contributed by atoms with van der Waals surface area (Å²) in [4.78, 5) is 2.60. The van der Waals surface area contributed by atoms with Gasteiger partial charge in [0.2, 0.25) is 0 Å². The molecule has 1 fully saturated rings. The fraction of sp³-hybridized carbons (Fsp3) is 0.667. The van der Waals surface area contributed by atoms with Gasteiger partial charge >= 0.3 is 0 Å². The fourth-order valence-corrected chi connectivity index (χ4v) is 2.92. The topological polar surface area (TPSA) is 24.5 Å². The SMILES string of the molecule is CCC(C)NC1CCN(CCc2ccc(OC)cc2)CC1. The lowest BCUT2D eigenvalue weighted by Crippen LogP contribution is -2.45. The molecular formula is C18H30N2O. The second-order valence-corrected chi connectivity index (χ2v) is 6.19. The third-order valence-electron chi connectivity index (χ3n) is 4.60. The molecule has 3 heteroatoms. The minimum atomic E-state index is 0.654. The van der Waals surface area contributed by atoms with Crippen molar-refractivity contribution in [1.29, 1.82) is 0 Å². The first kappa shape index (κ1) is 16.3. The molecule has 3 nitrogen and oxygen atoms in total. The number of ether oxygens (including phenoxy) is 1. The largest absolute Gasteiger partial charge is 0.497 e. The molecular weight excluding hydrogens is 260 g/mol. The predicted molar refractivity (Wildman–Crippen MR) is 89.0 cm³/mol. The third-order valence-corrected chi connectivity index (χ3v) is 4.60. The Morgan fingerprint density at radius 3 is 2.48 bits per heavy atom. The summed E-state index contributed by atoms with van der Waals surface area (Å²) in [7, 11) is 1.71. The molecule has 0 saturated carbocycles. The summed E-state index contributed by atoms with van der Waals surface area (Å²) in [6.45, 7) is 8.16. The summed E-state index contributed by atoms with van der Waals surface area (Å²) in [6, 6.07) is 9.83. The van der Waals surface area contributed by atoms with Gasteiger partial charge in [0.05, 0.1) is 7.11 Å². The van der Waals surface area contributed by atoms with Crippen molar-refractivity contribution >= 4 is 0 Å². The van der Waals surface area contributed by atoms with Crippen LogP contribution in [0.5, 0.6) is 5.75 Å². The maximum absolute atomic E-state index is 5.20. The molecule has 1 aromatic rings. The van der Waals surface area contributed by atoms with Crippen molar-refractivity contribution in [3.05, 3.63) is 29.8 Å². The second kappa shape index (κ2) is 8.40. The minimum absolute atomic E-state index is 0.654. The van der Waals surface area contributed by atoms with Crippen molar-refractivity contribution in [1.82, 2.24) is 10.2 Å². The van der Waals surface area contributed by atoms with Gasteiger partial charge in [-0.15, -0.1) is 0 Å². The number of methoxy groups -OCH3 is 1. The third kappa shape index (κ3) is 5.33. The maximum atomic E-state index is 5.20. The normalized spacial score (nSPS) is 18.6. The smallest absolute Gasteiger partial charge is 0.118 e. The molecule has 21 heavy (non-hydrogen) atoms. The predicted octanol–water partition coefficient (Wildman–Crippen LogP) is 3.09. The highest BCUT2D eigenvalue weighted by molar-refractivity contribution is 5.27. The number of rotatable bonds is 7. The van der Waals surface area contributed by atoms with Crippen LogP contribution in [0.2, 0.25) is 0 Å². The van der Waals surface area contributed by atoms with E-state index in [0.717, 1.165) is 18.2 Å². The van der Waals surface area contributed by atoms with Crippen molar-refractivity contribution in [3.63, 3.8) is 0 Å². The molecule has 0 amide bonds. The zero-order valence-corrected chi connectivity index (χ0v) is 13.8. The van der Waals surface area contributed by atoms with Crippen molar-refractivity contribution in [2.75, 3.05) is 26.7 Å². The lowest BCUT2D eigenvalue weighted by Gasteiger charge is -2.33. The van der Waals surface area contributed by atoms with E-state index < -0.39 is 0 Å². The monoisotopic (exact) mass is 290 g/mol. The Balaban J connectivity index is 1.68. The quantitative estimate of drug-likeness (QED) is 0.835. The average Bonchev–Trinajstić information content (AvgIpc) is 2.54. The number of nitrogens with one attached hydrogen (secondary N) is 1. The molecule has 118 valence electrons. The van der Waals surface area contributed by atoms with Gasteiger partial charge in [-0.1, -0.05) is 19.1 Å². The van der Waals surface area contributed by atoms with E-state index in [1.54, 1.807) is 7.11 Å². The fourth-order valence-electron chi connectivity index (χ4n) is 2.92. The molecule has 1 aliphatic rings. The standard InChI is InChI=1S/C18H30N2O/c1-4-15(2)19-17-10-13-20(14-11-17)12-9-16-5-7-18(21-3)8-6-16/h5-8,15,17,19H,4,9-14H2,1-3H3. The first-order valence-corrected chi connectivity index (χ1v) is 8.32. The Labute approximate surface area is 129 Å². The Hall–Kier alpha value is -1.06. The van der Waals surface area contributed by atoms with E-state index in [1.165, 1.54) is 44.5 Å². The van der Waals surface area contributed by atoms with E-state index in [0.29, 0.717) is 6.04 Å². The number of nitrogens with zero attached hydrogens (tertiary/aromatic N) is 1. The Morgan fingerprint density at radius 2 is 1.90 bits per heavy atom. The van der Waals surface area contributed by atoms with Gasteiger partial charge in [0.25, 0.3) is 0 Å². The first-order chi connectivity index (χ1) is 10.2. The van der Waals surface area contributed by atoms with Crippen molar-refractivity contribution < 1.29 is 4.74 Å². The Morgan fingerprint density at radius 1 is 1.24 bits per heavy atom. The van der Waals surface area contributed by atoms with E-state index in [-0.39, 0.29) is 0 Å². The van der Waals surface area contributed by atoms with Gasteiger partial charge in [0, 0.05) is 18.6 Å². The zero-order valence-electron chi connectivity index (χ0n) is 13.8. The van der Waals surface area contributed by atoms with E-state index in [9.17, 15) is 0 Å². The Kier molecular flexibility index (Phi) is 6.52. The van der Waals surface area contributed by atoms with E-state index in [2.05, 4.69) is 48.3 Å². The molecule has 1 unspecified atom stereocenters. The number of piperidine rings is 1. The van der Waals surface area contributed by atoms with Crippen LogP contribution in [0.25, 0.3) is 0 Å². The van der Waals surface area contributed by atoms with Gasteiger partial charge in [0.15, 0.2) is 0 Å². The van der Waals surface area contributed by atoms with Crippen LogP contribution in [0.3, 0.4) is 0 Å². The summed E-state index contributed by atoms with van der Waals surface area (Å²) in [5.74, 6) is 0.940. The van der Waals surface area contributed by atoms with Crippen LogP contribution in [0.4, 0.5) is 0 Å². The summed E-state index contributed by atoms with van der Waals surface area (Å²) < 4.78 is 5.20. The van der Waals surface area contributed by atoms with E-state index >= 15 is 0 Å². The molecule has 1 heterocycles. The molecule has 1 aromatic carbocycles. The van der Waals surface area contributed by atoms with Gasteiger partial charge in [-0.05, 0) is 63.4 Å². The average molecular weight is 290 g/mol. The molecule has 2 rings (SSSR count). The zero-order chi connectivity index (χ0) is 15.1. The molecule has 0 spiro atoms. The molecule has 0 bridgehead atoms. The maximum Gasteiger partial charge on any atom is 0.118 e. The van der Waals surface area contributed by atoms with Crippen LogP contribution in [0, 0.1) is 0 Å². The van der Waals surface area contributed by atoms with E-state index in [4.69, 9.17) is 4.74 Å². The first-order valence-electron chi connectivity index (χ1n) is 8.32. The summed E-state index contributed by atoms with van der Waals surface area (Å²) in [5, 5.41) is 3.73. The number of hydrogen-bond donors (Lipinski definition) is 1. The van der Waals surface area contributed by atoms with Crippen LogP contribution in [-0.2, 0) is 6.42 Å². The van der Waals surface area contributed by atoms with Crippen LogP contribution >= 0.6 is 0 Å². The summed E-state index contributed by atoms with van der Waals surface area (Å²) in [5.41, 5.74) is 1.40. The molecule has 1 atom stereocenters. The van der Waals surface area contributed by atoms with Gasteiger partial charge in [-0.25, -0.2) is 0 Å². The molecule has 0 aromatic heterocycles. The summed E-state index contributed by atoms with van der Waals surface area (Å²) in [6.07, 6.45) is 4.92. The molecule has 1 aliphatic heterocycles. The number of benzene rings is 1. The van der Waals surface area contributed by atoms with E-state index in [1.807, 2.05) is 0 Å². The molecule has 1 saturated heterocycles. The highest BCUT2D eigenvalue weighted by Crippen LogP contribution is 2.14. The van der Waals surface area contributed by atoms with Crippen molar-refractivity contribution in [2.24, 2.45) is 0 Å². The lowest BCUT2D eigenvalue weighted by molar-refractivity contribution is 0.193. The van der Waals surface area contributed by atoms with Gasteiger partial charge < -0.3 is 15.0 Å². The lowest BCUT2D eigenvalue weighted by atomic mass is 10.0. The van der Waals surface area contributed by atoms with Crippen LogP contribution in [-0.4, -0.2) is 43.7 Å². The van der Waals surface area contributed by atoms with Crippen LogP contribution < -0.4 is 10.1 Å². The number of hydrogen-bond acceptors (Lipinski definition) is 3. The van der Waals surface area contributed by atoms with Crippen LogP contribution in [0.15, 0.2) is 24.3 Å². The Bertz CT molecular complexity index is 396. The second-order valence-electron chi connectivity index (χ2n) is 6.19.